The van der Waals surface area contributed by atoms with Gasteiger partial charge in [-0.2, -0.15) is 0 Å². The van der Waals surface area contributed by atoms with Gasteiger partial charge in [0.2, 0.25) is 0 Å². The number of benzene rings is 2. The first kappa shape index (κ1) is 22.0. The van der Waals surface area contributed by atoms with Crippen molar-refractivity contribution in [2.45, 2.75) is 20.0 Å². The third kappa shape index (κ3) is 8.08. The fraction of sp³-hybridized carbons (Fsp3) is 0.333. The number of aromatic hydroxyl groups is 1. The van der Waals surface area contributed by atoms with Crippen LogP contribution < -0.4 is 20.7 Å². The molecule has 156 valence electrons. The molecule has 4 N–H and O–H groups in total. The van der Waals surface area contributed by atoms with Gasteiger partial charge in [-0.15, -0.1) is 0 Å². The van der Waals surface area contributed by atoms with E-state index in [-0.39, 0.29) is 23.6 Å². The van der Waals surface area contributed by atoms with Crippen LogP contribution in [0.1, 0.15) is 24.2 Å². The maximum absolute atomic E-state index is 13.2. The predicted octanol–water partition coefficient (Wildman–Crippen LogP) is 2.28. The van der Waals surface area contributed by atoms with Gasteiger partial charge in [0.1, 0.15) is 23.4 Å². The standard InChI is InChI=1S/C21H27FN4O3/c1-3-23-21(26-14-15(2)29-19-6-4-5-17(22)13-19)25-12-11-24-20(28)16-7-9-18(27)10-8-16/h4-10,13,15,27H,3,11-12,14H2,1-2H3,(H,24,28)(H2,23,25,26). The van der Waals surface area contributed by atoms with Crippen LogP contribution in [0, 0.1) is 5.82 Å². The molecule has 0 saturated heterocycles. The highest BCUT2D eigenvalue weighted by molar-refractivity contribution is 5.94. The number of rotatable bonds is 9. The van der Waals surface area contributed by atoms with Gasteiger partial charge in [0.15, 0.2) is 5.96 Å². The van der Waals surface area contributed by atoms with E-state index in [1.54, 1.807) is 24.3 Å². The van der Waals surface area contributed by atoms with E-state index < -0.39 is 0 Å². The second-order valence-electron chi connectivity index (χ2n) is 6.34. The summed E-state index contributed by atoms with van der Waals surface area (Å²) in [4.78, 5) is 16.5. The predicted molar refractivity (Wildman–Crippen MR) is 111 cm³/mol. The molecule has 0 aliphatic carbocycles. The van der Waals surface area contributed by atoms with Crippen LogP contribution >= 0.6 is 0 Å². The number of nitrogens with zero attached hydrogens (tertiary/aromatic N) is 1. The van der Waals surface area contributed by atoms with Crippen LogP contribution in [0.2, 0.25) is 0 Å². The fourth-order valence-corrected chi connectivity index (χ4v) is 2.44. The lowest BCUT2D eigenvalue weighted by Crippen LogP contribution is -2.42. The third-order valence-electron chi connectivity index (χ3n) is 3.82. The Kier molecular flexibility index (Phi) is 8.75. The van der Waals surface area contributed by atoms with E-state index >= 15 is 0 Å². The van der Waals surface area contributed by atoms with Crippen molar-refractivity contribution in [3.05, 3.63) is 59.9 Å². The van der Waals surface area contributed by atoms with E-state index in [0.717, 1.165) is 0 Å². The molecule has 0 radical (unpaired) electrons. The monoisotopic (exact) mass is 402 g/mol. The zero-order chi connectivity index (χ0) is 21.1. The van der Waals surface area contributed by atoms with Crippen molar-refractivity contribution in [3.63, 3.8) is 0 Å². The molecule has 0 saturated carbocycles. The number of hydrogen-bond acceptors (Lipinski definition) is 4. The number of hydrogen-bond donors (Lipinski definition) is 4. The Balaban J connectivity index is 1.76. The number of phenolic OH excluding ortho intramolecular Hbond substituents is 1. The summed E-state index contributed by atoms with van der Waals surface area (Å²) in [6.45, 7) is 5.76. The topological polar surface area (TPSA) is 95.0 Å². The Labute approximate surface area is 170 Å². The number of ether oxygens (including phenoxy) is 1. The van der Waals surface area contributed by atoms with E-state index in [2.05, 4.69) is 20.9 Å². The summed E-state index contributed by atoms with van der Waals surface area (Å²) in [6.07, 6.45) is -0.235. The molecule has 0 heterocycles. The number of amides is 1. The van der Waals surface area contributed by atoms with Crippen molar-refractivity contribution in [2.24, 2.45) is 4.99 Å². The Morgan fingerprint density at radius 2 is 1.86 bits per heavy atom. The number of aliphatic imine (C=N–C) groups is 1. The molecule has 0 aromatic heterocycles. The molecule has 2 aromatic rings. The quantitative estimate of drug-likeness (QED) is 0.293. The molecule has 8 heteroatoms. The maximum Gasteiger partial charge on any atom is 0.251 e. The Bertz CT molecular complexity index is 812. The minimum Gasteiger partial charge on any atom is -0.508 e. The average molecular weight is 402 g/mol. The molecule has 0 aliphatic heterocycles. The van der Waals surface area contributed by atoms with Gasteiger partial charge in [0, 0.05) is 31.3 Å². The van der Waals surface area contributed by atoms with Crippen LogP contribution in [0.15, 0.2) is 53.5 Å². The summed E-state index contributed by atoms with van der Waals surface area (Å²) < 4.78 is 18.9. The molecule has 0 spiro atoms. The summed E-state index contributed by atoms with van der Waals surface area (Å²) in [7, 11) is 0. The van der Waals surface area contributed by atoms with Crippen LogP contribution in [0.4, 0.5) is 4.39 Å². The summed E-state index contributed by atoms with van der Waals surface area (Å²) in [5, 5.41) is 18.3. The Morgan fingerprint density at radius 3 is 2.55 bits per heavy atom. The normalized spacial score (nSPS) is 12.2. The highest BCUT2D eigenvalue weighted by Gasteiger charge is 2.07. The molecule has 7 nitrogen and oxygen atoms in total. The van der Waals surface area contributed by atoms with Gasteiger partial charge in [0.25, 0.3) is 5.91 Å². The van der Waals surface area contributed by atoms with Gasteiger partial charge in [-0.25, -0.2) is 9.38 Å². The minimum absolute atomic E-state index is 0.116. The smallest absolute Gasteiger partial charge is 0.251 e. The first-order chi connectivity index (χ1) is 14.0. The largest absolute Gasteiger partial charge is 0.508 e. The van der Waals surface area contributed by atoms with E-state index in [1.165, 1.54) is 24.3 Å². The highest BCUT2D eigenvalue weighted by atomic mass is 19.1. The van der Waals surface area contributed by atoms with E-state index in [9.17, 15) is 14.3 Å². The van der Waals surface area contributed by atoms with Crippen molar-refractivity contribution in [1.29, 1.82) is 0 Å². The Morgan fingerprint density at radius 1 is 1.14 bits per heavy atom. The SMILES string of the molecule is CCNC(=NCC(C)Oc1cccc(F)c1)NCCNC(=O)c1ccc(O)cc1. The lowest BCUT2D eigenvalue weighted by atomic mass is 10.2. The number of carbonyl (C=O) groups is 1. The van der Waals surface area contributed by atoms with Crippen LogP contribution in [-0.2, 0) is 0 Å². The highest BCUT2D eigenvalue weighted by Crippen LogP contribution is 2.13. The minimum atomic E-state index is -0.345. The number of guanidine groups is 1. The summed E-state index contributed by atoms with van der Waals surface area (Å²) >= 11 is 0. The van der Waals surface area contributed by atoms with Crippen LogP contribution in [-0.4, -0.2) is 49.3 Å². The van der Waals surface area contributed by atoms with Gasteiger partial charge in [-0.1, -0.05) is 6.07 Å². The molecule has 1 atom stereocenters. The van der Waals surface area contributed by atoms with Crippen LogP contribution in [0.5, 0.6) is 11.5 Å². The Hall–Kier alpha value is -3.29. The van der Waals surface area contributed by atoms with E-state index in [1.807, 2.05) is 13.8 Å². The maximum atomic E-state index is 13.2. The molecular formula is C21H27FN4O3. The molecule has 0 fully saturated rings. The molecular weight excluding hydrogens is 375 g/mol. The second-order valence-corrected chi connectivity index (χ2v) is 6.34. The summed E-state index contributed by atoms with van der Waals surface area (Å²) in [5.41, 5.74) is 0.478. The number of halogens is 1. The average Bonchev–Trinajstić information content (AvgIpc) is 2.69. The second kappa shape index (κ2) is 11.5. The number of phenols is 1. The zero-order valence-electron chi connectivity index (χ0n) is 16.6. The third-order valence-corrected chi connectivity index (χ3v) is 3.82. The van der Waals surface area contributed by atoms with Crippen molar-refractivity contribution < 1.29 is 19.0 Å². The molecule has 0 aliphatic rings. The van der Waals surface area contributed by atoms with Crippen molar-refractivity contribution in [3.8, 4) is 11.5 Å². The fourth-order valence-electron chi connectivity index (χ4n) is 2.44. The van der Waals surface area contributed by atoms with Crippen molar-refractivity contribution >= 4 is 11.9 Å². The lowest BCUT2D eigenvalue weighted by Gasteiger charge is -2.15. The zero-order valence-corrected chi connectivity index (χ0v) is 16.6. The van der Waals surface area contributed by atoms with E-state index in [4.69, 9.17) is 4.74 Å². The van der Waals surface area contributed by atoms with Crippen LogP contribution in [0.3, 0.4) is 0 Å². The van der Waals surface area contributed by atoms with Gasteiger partial charge in [-0.05, 0) is 50.2 Å². The number of carbonyl (C=O) groups excluding carboxylic acids is 1. The summed E-state index contributed by atoms with van der Waals surface area (Å²) in [5.74, 6) is 0.613. The van der Waals surface area contributed by atoms with Crippen molar-refractivity contribution in [1.82, 2.24) is 16.0 Å². The molecule has 2 rings (SSSR count). The van der Waals surface area contributed by atoms with Crippen molar-refractivity contribution in [2.75, 3.05) is 26.2 Å². The summed E-state index contributed by atoms with van der Waals surface area (Å²) in [6, 6.07) is 12.0. The molecule has 29 heavy (non-hydrogen) atoms. The molecule has 2 aromatic carbocycles. The first-order valence-corrected chi connectivity index (χ1v) is 9.49. The molecule has 1 unspecified atom stereocenters. The van der Waals surface area contributed by atoms with E-state index in [0.29, 0.717) is 43.5 Å². The molecule has 0 bridgehead atoms. The number of nitrogens with one attached hydrogen (secondary N) is 3. The van der Waals surface area contributed by atoms with Gasteiger partial charge in [0.05, 0.1) is 6.54 Å². The van der Waals surface area contributed by atoms with Gasteiger partial charge in [-0.3, -0.25) is 4.79 Å². The first-order valence-electron chi connectivity index (χ1n) is 9.49. The van der Waals surface area contributed by atoms with Gasteiger partial charge >= 0.3 is 0 Å². The van der Waals surface area contributed by atoms with Crippen LogP contribution in [0.25, 0.3) is 0 Å². The van der Waals surface area contributed by atoms with Gasteiger partial charge < -0.3 is 25.8 Å². The lowest BCUT2D eigenvalue weighted by molar-refractivity contribution is 0.0954. The molecule has 1 amide bonds.